The van der Waals surface area contributed by atoms with Crippen molar-refractivity contribution in [3.8, 4) is 5.75 Å². The maximum Gasteiger partial charge on any atom is 0.315 e. The normalized spacial score (nSPS) is 11.1. The number of hydrogen-bond donors (Lipinski definition) is 0. The SMILES string of the molecule is COC(=O)C(C)(C)c1ccc(I)c(OC)c1. The summed E-state index contributed by atoms with van der Waals surface area (Å²) in [6.07, 6.45) is 0. The number of methoxy groups -OCH3 is 2. The maximum absolute atomic E-state index is 11.7. The zero-order valence-corrected chi connectivity index (χ0v) is 12.0. The van der Waals surface area contributed by atoms with Gasteiger partial charge in [-0.2, -0.15) is 0 Å². The molecule has 0 heterocycles. The van der Waals surface area contributed by atoms with Gasteiger partial charge in [0.2, 0.25) is 0 Å². The van der Waals surface area contributed by atoms with Gasteiger partial charge in [-0.3, -0.25) is 4.79 Å². The molecule has 0 atom stereocenters. The van der Waals surface area contributed by atoms with Crippen LogP contribution >= 0.6 is 22.6 Å². The monoisotopic (exact) mass is 334 g/mol. The van der Waals surface area contributed by atoms with Crippen molar-refractivity contribution in [1.82, 2.24) is 0 Å². The van der Waals surface area contributed by atoms with Gasteiger partial charge >= 0.3 is 5.97 Å². The van der Waals surface area contributed by atoms with Gasteiger partial charge in [-0.1, -0.05) is 6.07 Å². The van der Waals surface area contributed by atoms with E-state index in [0.29, 0.717) is 0 Å². The van der Waals surface area contributed by atoms with Crippen molar-refractivity contribution < 1.29 is 14.3 Å². The van der Waals surface area contributed by atoms with E-state index in [1.807, 2.05) is 32.0 Å². The van der Waals surface area contributed by atoms with Crippen LogP contribution in [0.1, 0.15) is 19.4 Å². The number of ether oxygens (including phenoxy) is 2. The molecule has 1 aromatic carbocycles. The highest BCUT2D eigenvalue weighted by atomic mass is 127. The lowest BCUT2D eigenvalue weighted by atomic mass is 9.85. The third-order valence-corrected chi connectivity index (χ3v) is 3.46. The molecule has 0 saturated heterocycles. The lowest BCUT2D eigenvalue weighted by Crippen LogP contribution is -2.30. The number of hydrogen-bond acceptors (Lipinski definition) is 3. The zero-order chi connectivity index (χ0) is 12.3. The van der Waals surface area contributed by atoms with Gasteiger partial charge in [0, 0.05) is 0 Å². The molecule has 3 nitrogen and oxygen atoms in total. The Hall–Kier alpha value is -0.780. The first-order valence-corrected chi connectivity index (χ1v) is 5.93. The number of carbonyl (C=O) groups excluding carboxylic acids is 1. The molecule has 0 aliphatic carbocycles. The van der Waals surface area contributed by atoms with E-state index in [-0.39, 0.29) is 5.97 Å². The Morgan fingerprint density at radius 1 is 1.31 bits per heavy atom. The van der Waals surface area contributed by atoms with Crippen molar-refractivity contribution in [3.63, 3.8) is 0 Å². The Morgan fingerprint density at radius 3 is 2.44 bits per heavy atom. The summed E-state index contributed by atoms with van der Waals surface area (Å²) in [6.45, 7) is 3.67. The van der Waals surface area contributed by atoms with Gasteiger partial charge < -0.3 is 9.47 Å². The summed E-state index contributed by atoms with van der Waals surface area (Å²) < 4.78 is 11.0. The van der Waals surface area contributed by atoms with Crippen molar-refractivity contribution in [3.05, 3.63) is 27.3 Å². The van der Waals surface area contributed by atoms with Crippen molar-refractivity contribution >= 4 is 28.6 Å². The maximum atomic E-state index is 11.7. The molecule has 4 heteroatoms. The van der Waals surface area contributed by atoms with Crippen LogP contribution in [0.4, 0.5) is 0 Å². The third-order valence-electron chi connectivity index (χ3n) is 2.57. The standard InChI is InChI=1S/C12H15IO3/c1-12(2,11(14)16-4)8-5-6-9(13)10(7-8)15-3/h5-7H,1-4H3. The molecule has 16 heavy (non-hydrogen) atoms. The Labute approximate surface area is 109 Å². The molecule has 0 bridgehead atoms. The summed E-state index contributed by atoms with van der Waals surface area (Å²) in [5.41, 5.74) is 0.225. The van der Waals surface area contributed by atoms with Crippen molar-refractivity contribution in [2.45, 2.75) is 19.3 Å². The summed E-state index contributed by atoms with van der Waals surface area (Å²) in [6, 6.07) is 5.72. The first kappa shape index (κ1) is 13.3. The fourth-order valence-electron chi connectivity index (χ4n) is 1.42. The van der Waals surface area contributed by atoms with Gasteiger partial charge in [0.25, 0.3) is 0 Å². The van der Waals surface area contributed by atoms with Crippen LogP contribution in [-0.2, 0) is 14.9 Å². The van der Waals surface area contributed by atoms with Crippen LogP contribution in [0.2, 0.25) is 0 Å². The molecule has 0 radical (unpaired) electrons. The fourth-order valence-corrected chi connectivity index (χ4v) is 1.98. The van der Waals surface area contributed by atoms with Crippen LogP contribution in [0.3, 0.4) is 0 Å². The topological polar surface area (TPSA) is 35.5 Å². The number of rotatable bonds is 3. The number of esters is 1. The van der Waals surface area contributed by atoms with Gasteiger partial charge in [0.1, 0.15) is 5.75 Å². The molecule has 0 unspecified atom stereocenters. The molecule has 0 fully saturated rings. The average molecular weight is 334 g/mol. The molecule has 0 amide bonds. The quantitative estimate of drug-likeness (QED) is 0.630. The van der Waals surface area contributed by atoms with Crippen molar-refractivity contribution in [2.75, 3.05) is 14.2 Å². The molecule has 88 valence electrons. The van der Waals surface area contributed by atoms with Gasteiger partial charge in [-0.05, 0) is 54.1 Å². The first-order valence-electron chi connectivity index (χ1n) is 4.86. The van der Waals surface area contributed by atoms with E-state index in [0.717, 1.165) is 14.9 Å². The molecular formula is C12H15IO3. The lowest BCUT2D eigenvalue weighted by molar-refractivity contribution is -0.146. The molecule has 0 aliphatic rings. The van der Waals surface area contributed by atoms with Gasteiger partial charge in [-0.25, -0.2) is 0 Å². The Morgan fingerprint density at radius 2 is 1.94 bits per heavy atom. The van der Waals surface area contributed by atoms with E-state index in [9.17, 15) is 4.79 Å². The second kappa shape index (κ2) is 5.03. The second-order valence-electron chi connectivity index (χ2n) is 3.97. The Bertz CT molecular complexity index is 399. The zero-order valence-electron chi connectivity index (χ0n) is 9.83. The largest absolute Gasteiger partial charge is 0.496 e. The van der Waals surface area contributed by atoms with Crippen molar-refractivity contribution in [1.29, 1.82) is 0 Å². The van der Waals surface area contributed by atoms with E-state index in [1.165, 1.54) is 7.11 Å². The van der Waals surface area contributed by atoms with Crippen LogP contribution in [-0.4, -0.2) is 20.2 Å². The number of carbonyl (C=O) groups is 1. The highest BCUT2D eigenvalue weighted by Crippen LogP contribution is 2.30. The molecule has 0 aromatic heterocycles. The van der Waals surface area contributed by atoms with E-state index in [2.05, 4.69) is 22.6 Å². The van der Waals surface area contributed by atoms with Crippen molar-refractivity contribution in [2.24, 2.45) is 0 Å². The molecule has 0 aliphatic heterocycles. The summed E-state index contributed by atoms with van der Waals surface area (Å²) in [5.74, 6) is 0.519. The van der Waals surface area contributed by atoms with E-state index in [4.69, 9.17) is 9.47 Å². The van der Waals surface area contributed by atoms with E-state index in [1.54, 1.807) is 7.11 Å². The van der Waals surface area contributed by atoms with Gasteiger partial charge in [0.05, 0.1) is 23.2 Å². The highest BCUT2D eigenvalue weighted by molar-refractivity contribution is 14.1. The van der Waals surface area contributed by atoms with Crippen LogP contribution < -0.4 is 4.74 Å². The fraction of sp³-hybridized carbons (Fsp3) is 0.417. The summed E-state index contributed by atoms with van der Waals surface area (Å²) in [5, 5.41) is 0. The number of halogens is 1. The Balaban J connectivity index is 3.18. The second-order valence-corrected chi connectivity index (χ2v) is 5.13. The third kappa shape index (κ3) is 2.48. The van der Waals surface area contributed by atoms with Crippen LogP contribution in [0.5, 0.6) is 5.75 Å². The number of benzene rings is 1. The van der Waals surface area contributed by atoms with Crippen LogP contribution in [0.15, 0.2) is 18.2 Å². The Kier molecular flexibility index (Phi) is 4.18. The molecule has 1 rings (SSSR count). The summed E-state index contributed by atoms with van der Waals surface area (Å²) in [7, 11) is 3.01. The molecule has 0 saturated carbocycles. The minimum atomic E-state index is -0.660. The van der Waals surface area contributed by atoms with Gasteiger partial charge in [0.15, 0.2) is 0 Å². The minimum Gasteiger partial charge on any atom is -0.496 e. The predicted molar refractivity (Wildman–Crippen MR) is 70.8 cm³/mol. The van der Waals surface area contributed by atoms with Crippen LogP contribution in [0, 0.1) is 3.57 Å². The predicted octanol–water partition coefficient (Wildman–Crippen LogP) is 2.75. The molecular weight excluding hydrogens is 319 g/mol. The van der Waals surface area contributed by atoms with Gasteiger partial charge in [-0.15, -0.1) is 0 Å². The highest BCUT2D eigenvalue weighted by Gasteiger charge is 2.31. The average Bonchev–Trinajstić information content (AvgIpc) is 2.28. The summed E-state index contributed by atoms with van der Waals surface area (Å²) >= 11 is 2.19. The molecule has 0 N–H and O–H groups in total. The lowest BCUT2D eigenvalue weighted by Gasteiger charge is -2.22. The minimum absolute atomic E-state index is 0.254. The summed E-state index contributed by atoms with van der Waals surface area (Å²) in [4.78, 5) is 11.7. The van der Waals surface area contributed by atoms with Crippen LogP contribution in [0.25, 0.3) is 0 Å². The van der Waals surface area contributed by atoms with E-state index >= 15 is 0 Å². The molecule has 1 aromatic rings. The van der Waals surface area contributed by atoms with E-state index < -0.39 is 5.41 Å². The smallest absolute Gasteiger partial charge is 0.315 e. The molecule has 0 spiro atoms. The first-order chi connectivity index (χ1) is 7.43.